The van der Waals surface area contributed by atoms with Crippen LogP contribution >= 0.6 is 0 Å². The molecule has 10 aromatic carbocycles. The summed E-state index contributed by atoms with van der Waals surface area (Å²) in [6.45, 7) is 12.6. The Bertz CT molecular complexity index is 5380. The molecule has 626 valence electrons. The molecule has 0 atom stereocenters. The molecule has 8 N–H and O–H groups in total. The molecule has 0 unspecified atom stereocenters. The number of hydrogen-bond acceptors (Lipinski definition) is 24. The molecule has 121 heavy (non-hydrogen) atoms. The van der Waals surface area contributed by atoms with Gasteiger partial charge in [0.15, 0.2) is 57.8 Å². The lowest BCUT2D eigenvalue weighted by atomic mass is 9.82. The fourth-order valence-electron chi connectivity index (χ4n) is 15.2. The highest BCUT2D eigenvalue weighted by Gasteiger charge is 2.39. The molecule has 0 aliphatic heterocycles. The summed E-state index contributed by atoms with van der Waals surface area (Å²) >= 11 is 0. The van der Waals surface area contributed by atoms with E-state index in [-0.39, 0.29) is 97.5 Å². The van der Waals surface area contributed by atoms with Gasteiger partial charge in [-0.1, -0.05) is 185 Å². The van der Waals surface area contributed by atoms with Crippen molar-refractivity contribution in [3.63, 3.8) is 0 Å². The Labute approximate surface area is 703 Å². The number of likely N-dealkylation sites (N-methyl/N-ethyl adjacent to an activating group) is 2. The SMILES string of the molecule is CCCCNc1cccc2c1C(=O)c1ccccc1C2=O.CCCN(C)c1cccc2c1C(=O)c1cccc(N(C)CCO)c1C2=O.CCCOCCNc1cccc2c1C(=O)c1cccc(NCCOCCO)c1C2=O.CN(CCO)c1cccc2c1C(=O)c1ccccc1C2=O.O=C1c2ccccc2C(=O)c2c(NCCOCCO)cccc21. The molecule has 0 spiro atoms. The highest BCUT2D eigenvalue weighted by Crippen LogP contribution is 2.41. The summed E-state index contributed by atoms with van der Waals surface area (Å²) in [4.78, 5) is 135. The van der Waals surface area contributed by atoms with Gasteiger partial charge in [-0.15, -0.1) is 0 Å². The summed E-state index contributed by atoms with van der Waals surface area (Å²) in [6, 6.07) is 58.0. The van der Waals surface area contributed by atoms with Crippen LogP contribution < -0.4 is 36.0 Å². The lowest BCUT2D eigenvalue weighted by Gasteiger charge is -2.28. The Hall–Kier alpha value is -12.8. The van der Waals surface area contributed by atoms with Gasteiger partial charge >= 0.3 is 0 Å². The van der Waals surface area contributed by atoms with E-state index >= 15 is 0 Å². The molecule has 0 aromatic heterocycles. The number of aliphatic hydroxyl groups excluding tert-OH is 4. The van der Waals surface area contributed by atoms with E-state index in [9.17, 15) is 53.1 Å². The van der Waals surface area contributed by atoms with E-state index in [0.717, 1.165) is 50.1 Å². The third-order valence-electron chi connectivity index (χ3n) is 21.0. The summed E-state index contributed by atoms with van der Waals surface area (Å²) < 4.78 is 15.9. The number of carbonyl (C=O) groups is 10. The molecule has 5 aliphatic rings. The van der Waals surface area contributed by atoms with E-state index in [1.165, 1.54) is 0 Å². The third kappa shape index (κ3) is 19.7. The quantitative estimate of drug-likeness (QED) is 0.0187. The number of nitrogens with one attached hydrogen (secondary N) is 4. The largest absolute Gasteiger partial charge is 0.395 e. The number of nitrogens with zero attached hydrogens (tertiary/aromatic N) is 3. The molecule has 0 heterocycles. The Kier molecular flexibility index (Phi) is 31.5. The number of carbonyl (C=O) groups excluding carboxylic acids is 10. The van der Waals surface area contributed by atoms with Crippen LogP contribution in [0.3, 0.4) is 0 Å². The number of hydrogen-bond donors (Lipinski definition) is 8. The van der Waals surface area contributed by atoms with Gasteiger partial charge in [-0.3, -0.25) is 47.9 Å². The van der Waals surface area contributed by atoms with Gasteiger partial charge in [0.1, 0.15) is 0 Å². The first-order valence-corrected chi connectivity index (χ1v) is 40.7. The second-order valence-electron chi connectivity index (χ2n) is 29.0. The zero-order valence-corrected chi connectivity index (χ0v) is 68.8. The monoisotopic (exact) mass is 1640 g/mol. The highest BCUT2D eigenvalue weighted by molar-refractivity contribution is 6.35. The number of anilines is 7. The van der Waals surface area contributed by atoms with Crippen molar-refractivity contribution in [1.82, 2.24) is 0 Å². The Morgan fingerprint density at radius 2 is 0.479 bits per heavy atom. The first-order chi connectivity index (χ1) is 58.8. The van der Waals surface area contributed by atoms with Crippen LogP contribution in [0.2, 0.25) is 0 Å². The summed E-state index contributed by atoms with van der Waals surface area (Å²) in [5, 5.41) is 48.6. The zero-order chi connectivity index (χ0) is 86.2. The highest BCUT2D eigenvalue weighted by atomic mass is 16.5. The van der Waals surface area contributed by atoms with E-state index < -0.39 is 0 Å². The minimum absolute atomic E-state index is 0.0150. The summed E-state index contributed by atoms with van der Waals surface area (Å²) in [5.41, 5.74) is 13.7. The van der Waals surface area contributed by atoms with Crippen LogP contribution in [-0.4, -0.2) is 211 Å². The first-order valence-electron chi connectivity index (χ1n) is 40.7. The lowest BCUT2D eigenvalue weighted by Crippen LogP contribution is -2.30. The van der Waals surface area contributed by atoms with Crippen LogP contribution in [0.4, 0.5) is 39.8 Å². The Balaban J connectivity index is 0.000000149. The number of benzene rings is 10. The molecule has 0 saturated carbocycles. The van der Waals surface area contributed by atoms with Gasteiger partial charge in [-0.05, 0) is 61.7 Å². The van der Waals surface area contributed by atoms with Gasteiger partial charge in [0.25, 0.3) is 0 Å². The van der Waals surface area contributed by atoms with Gasteiger partial charge in [0, 0.05) is 186 Å². The zero-order valence-electron chi connectivity index (χ0n) is 68.8. The molecule has 0 fully saturated rings. The molecular weight excluding hydrogens is 1540 g/mol. The van der Waals surface area contributed by atoms with Gasteiger partial charge in [-0.25, -0.2) is 0 Å². The van der Waals surface area contributed by atoms with E-state index in [2.05, 4.69) is 35.1 Å². The standard InChI is InChI=1S/C23H28N2O5.C21H24N2O3.C18H17NO4.C18H17NO2.C17H15NO3/c1-2-12-29-13-9-24-18-7-3-5-16-20(18)22(27)17-6-4-8-19(21(17)23(16)28)25-10-14-30-15-11-26;1-4-11-22(2)16-9-5-7-14-18(16)20(25)15-8-6-10-17(19(15)21(14)26)23(3)12-13-24;20-9-11-23-10-8-19-15-7-3-6-14-16(15)18(22)13-5-2-1-4-12(13)17(14)21;1-2-3-11-19-15-10-6-9-14-16(15)18(21)13-8-5-4-7-12(13)17(14)20;1-18(9-10-19)14-8-4-7-13-15(14)17(21)12-6-3-2-5-11(12)16(13)20/h3-8,24-26H,2,9-15H2,1H3;5-10,24H,4,11-13H2,1-3H3;1-7,19-20H,8-11H2;4-10,19H,2-3,11H2,1H3;2-8,19H,9-10H2,1H3. The van der Waals surface area contributed by atoms with Crippen LogP contribution in [-0.2, 0) is 14.2 Å². The molecule has 0 radical (unpaired) electrons. The van der Waals surface area contributed by atoms with Crippen molar-refractivity contribution in [2.24, 2.45) is 0 Å². The Morgan fingerprint density at radius 3 is 0.777 bits per heavy atom. The minimum Gasteiger partial charge on any atom is -0.395 e. The third-order valence-corrected chi connectivity index (χ3v) is 21.0. The van der Waals surface area contributed by atoms with Gasteiger partial charge in [0.2, 0.25) is 0 Å². The average molecular weight is 1640 g/mol. The van der Waals surface area contributed by atoms with Gasteiger partial charge < -0.3 is 70.6 Å². The second-order valence-corrected chi connectivity index (χ2v) is 29.0. The van der Waals surface area contributed by atoms with Crippen LogP contribution in [0.5, 0.6) is 0 Å². The van der Waals surface area contributed by atoms with E-state index in [1.807, 2.05) is 67.2 Å². The van der Waals surface area contributed by atoms with Crippen molar-refractivity contribution in [2.75, 3.05) is 169 Å². The predicted octanol–water partition coefficient (Wildman–Crippen LogP) is 12.9. The maximum atomic E-state index is 13.3. The van der Waals surface area contributed by atoms with Crippen LogP contribution in [0, 0.1) is 0 Å². The maximum Gasteiger partial charge on any atom is 0.196 e. The number of ether oxygens (including phenoxy) is 3. The summed E-state index contributed by atoms with van der Waals surface area (Å²) in [7, 11) is 5.55. The van der Waals surface area contributed by atoms with Crippen molar-refractivity contribution >= 4 is 97.6 Å². The van der Waals surface area contributed by atoms with E-state index in [0.29, 0.717) is 199 Å². The van der Waals surface area contributed by atoms with Crippen LogP contribution in [0.15, 0.2) is 200 Å². The van der Waals surface area contributed by atoms with Crippen molar-refractivity contribution in [3.05, 3.63) is 311 Å². The molecule has 0 bridgehead atoms. The average Bonchev–Trinajstić information content (AvgIpc) is 0.734. The molecule has 10 aromatic rings. The van der Waals surface area contributed by atoms with Crippen molar-refractivity contribution < 1.29 is 82.6 Å². The minimum atomic E-state index is -0.176. The van der Waals surface area contributed by atoms with Crippen LogP contribution in [0.25, 0.3) is 0 Å². The molecule has 0 amide bonds. The number of aliphatic hydroxyl groups is 4. The fraction of sp³-hybridized carbons (Fsp3) is 0.278. The Morgan fingerprint density at radius 1 is 0.240 bits per heavy atom. The maximum absolute atomic E-state index is 13.3. The smallest absolute Gasteiger partial charge is 0.196 e. The lowest BCUT2D eigenvalue weighted by molar-refractivity contribution is 0.0977. The predicted molar refractivity (Wildman–Crippen MR) is 469 cm³/mol. The number of rotatable bonds is 31. The van der Waals surface area contributed by atoms with Gasteiger partial charge in [0.05, 0.1) is 98.4 Å². The second kappa shape index (κ2) is 42.7. The molecule has 0 saturated heterocycles. The van der Waals surface area contributed by atoms with E-state index in [1.54, 1.807) is 176 Å². The first kappa shape index (κ1) is 89.0. The number of fused-ring (bicyclic) bond motifs is 10. The normalized spacial score (nSPS) is 12.7. The van der Waals surface area contributed by atoms with Gasteiger partial charge in [-0.2, -0.15) is 0 Å². The van der Waals surface area contributed by atoms with E-state index in [4.69, 9.17) is 29.5 Å². The number of ketones is 10. The molecule has 24 heteroatoms. The van der Waals surface area contributed by atoms with Crippen molar-refractivity contribution in [1.29, 1.82) is 0 Å². The molecule has 5 aliphatic carbocycles. The number of unbranched alkanes of at least 4 members (excludes halogenated alkanes) is 1. The molecular formula is C97H101N7O17. The summed E-state index contributed by atoms with van der Waals surface area (Å²) in [6.07, 6.45) is 4.02. The van der Waals surface area contributed by atoms with Crippen LogP contribution in [0.1, 0.15) is 206 Å². The molecule has 15 rings (SSSR count). The van der Waals surface area contributed by atoms with Crippen molar-refractivity contribution in [2.45, 2.75) is 46.5 Å². The molecule has 24 nitrogen and oxygen atoms in total. The fourth-order valence-corrected chi connectivity index (χ4v) is 15.2. The topological polar surface area (TPSA) is 337 Å². The summed E-state index contributed by atoms with van der Waals surface area (Å²) in [5.74, 6) is -1.28. The van der Waals surface area contributed by atoms with Crippen molar-refractivity contribution in [3.8, 4) is 0 Å².